The van der Waals surface area contributed by atoms with E-state index in [-0.39, 0.29) is 17.0 Å². The van der Waals surface area contributed by atoms with Crippen LogP contribution in [0.15, 0.2) is 15.9 Å². The largest absolute Gasteiger partial charge is 0.492 e. The number of carbonyl (C=O) groups is 1. The second kappa shape index (κ2) is 8.26. The summed E-state index contributed by atoms with van der Waals surface area (Å²) in [5, 5.41) is 13.9. The highest BCUT2D eigenvalue weighted by molar-refractivity contribution is 7.99. The third-order valence-electron chi connectivity index (χ3n) is 6.85. The van der Waals surface area contributed by atoms with Gasteiger partial charge in [0.2, 0.25) is 5.43 Å². The molecule has 3 aliphatic rings. The van der Waals surface area contributed by atoms with Gasteiger partial charge in [0.1, 0.15) is 11.3 Å². The zero-order chi connectivity index (χ0) is 22.6. The van der Waals surface area contributed by atoms with E-state index in [4.69, 9.17) is 4.74 Å². The standard InChI is InChI=1S/C23H28FN3O4S/c1-3-32-22-17(23(29)30)20(28)14-9-15(24)19(21(31-2)18(14)27(22)13-6-7-13)26-10-12-5-4-8-25-16(12)11-26/h9,12-13,16,25H,3-8,10-11H2,1-2H3,(H,29,30)/t12-,16+/m0/s1. The first-order valence-corrected chi connectivity index (χ1v) is 12.3. The Morgan fingerprint density at radius 3 is 2.75 bits per heavy atom. The summed E-state index contributed by atoms with van der Waals surface area (Å²) < 4.78 is 23.3. The molecule has 1 aromatic heterocycles. The molecule has 1 aliphatic carbocycles. The SMILES string of the molecule is CCSc1c(C(=O)O)c(=O)c2cc(F)c(N3C[C@@H]4CCCN[C@@H]4C3)c(OC)c2n1C1CC1. The number of piperidine rings is 1. The van der Waals surface area contributed by atoms with Crippen molar-refractivity contribution in [3.05, 3.63) is 27.7 Å². The van der Waals surface area contributed by atoms with E-state index in [1.165, 1.54) is 24.9 Å². The molecule has 172 valence electrons. The predicted octanol–water partition coefficient (Wildman–Crippen LogP) is 3.48. The van der Waals surface area contributed by atoms with Crippen molar-refractivity contribution in [1.29, 1.82) is 0 Å². The van der Waals surface area contributed by atoms with Gasteiger partial charge >= 0.3 is 5.97 Å². The number of hydrogen-bond acceptors (Lipinski definition) is 6. The van der Waals surface area contributed by atoms with Crippen molar-refractivity contribution in [3.8, 4) is 5.75 Å². The van der Waals surface area contributed by atoms with E-state index < -0.39 is 17.2 Å². The van der Waals surface area contributed by atoms with Crippen molar-refractivity contribution >= 4 is 34.3 Å². The van der Waals surface area contributed by atoms with E-state index in [0.717, 1.165) is 38.8 Å². The number of nitrogens with one attached hydrogen (secondary N) is 1. The summed E-state index contributed by atoms with van der Waals surface area (Å²) >= 11 is 1.34. The molecule has 2 N–H and O–H groups in total. The van der Waals surface area contributed by atoms with Crippen molar-refractivity contribution in [3.63, 3.8) is 0 Å². The number of pyridine rings is 1. The molecule has 0 bridgehead atoms. The van der Waals surface area contributed by atoms with Crippen LogP contribution in [0.1, 0.15) is 49.0 Å². The first-order chi connectivity index (χ1) is 15.5. The van der Waals surface area contributed by atoms with E-state index in [1.54, 1.807) is 0 Å². The van der Waals surface area contributed by atoms with Gasteiger partial charge < -0.3 is 24.6 Å². The Bertz CT molecular complexity index is 1130. The monoisotopic (exact) mass is 461 g/mol. The van der Waals surface area contributed by atoms with Crippen LogP contribution in [0, 0.1) is 11.7 Å². The maximum absolute atomic E-state index is 15.6. The van der Waals surface area contributed by atoms with Crippen molar-refractivity contribution in [2.75, 3.05) is 37.4 Å². The molecule has 3 heterocycles. The topological polar surface area (TPSA) is 83.8 Å². The van der Waals surface area contributed by atoms with Gasteiger partial charge in [-0.3, -0.25) is 4.79 Å². The van der Waals surface area contributed by atoms with Gasteiger partial charge in [-0.2, -0.15) is 0 Å². The number of fused-ring (bicyclic) bond motifs is 2. The van der Waals surface area contributed by atoms with Crippen molar-refractivity contribution < 1.29 is 19.0 Å². The van der Waals surface area contributed by atoms with Crippen LogP contribution in [0.2, 0.25) is 0 Å². The Hall–Kier alpha value is -2.26. The highest BCUT2D eigenvalue weighted by Gasteiger charge is 2.39. The third-order valence-corrected chi connectivity index (χ3v) is 7.82. The Morgan fingerprint density at radius 2 is 2.12 bits per heavy atom. The van der Waals surface area contributed by atoms with E-state index in [9.17, 15) is 14.7 Å². The minimum Gasteiger partial charge on any atom is -0.492 e. The maximum atomic E-state index is 15.6. The molecule has 2 atom stereocenters. The van der Waals surface area contributed by atoms with Crippen LogP contribution in [0.3, 0.4) is 0 Å². The van der Waals surface area contributed by atoms with Crippen molar-refractivity contribution in [2.45, 2.75) is 49.7 Å². The molecule has 2 aliphatic heterocycles. The number of carboxylic acids is 1. The summed E-state index contributed by atoms with van der Waals surface area (Å²) in [5.41, 5.74) is -0.0385. The first-order valence-electron chi connectivity index (χ1n) is 11.3. The minimum atomic E-state index is -1.28. The molecule has 3 fully saturated rings. The fourth-order valence-corrected chi connectivity index (χ4v) is 6.32. The van der Waals surface area contributed by atoms with Crippen molar-refractivity contribution in [2.24, 2.45) is 5.92 Å². The summed E-state index contributed by atoms with van der Waals surface area (Å²) in [4.78, 5) is 27.3. The summed E-state index contributed by atoms with van der Waals surface area (Å²) in [7, 11) is 1.50. The van der Waals surface area contributed by atoms with Gasteiger partial charge in [-0.15, -0.1) is 11.8 Å². The second-order valence-corrected chi connectivity index (χ2v) is 10.1. The summed E-state index contributed by atoms with van der Waals surface area (Å²) in [6.07, 6.45) is 4.00. The molecular weight excluding hydrogens is 433 g/mol. The molecule has 1 aromatic carbocycles. The van der Waals surface area contributed by atoms with Gasteiger partial charge in [-0.25, -0.2) is 9.18 Å². The van der Waals surface area contributed by atoms with E-state index in [1.807, 2.05) is 16.4 Å². The molecule has 7 nitrogen and oxygen atoms in total. The number of halogens is 1. The van der Waals surface area contributed by atoms with Gasteiger partial charge in [-0.1, -0.05) is 6.92 Å². The van der Waals surface area contributed by atoms with Crippen LogP contribution < -0.4 is 20.4 Å². The van der Waals surface area contributed by atoms with Gasteiger partial charge in [0.25, 0.3) is 0 Å². The minimum absolute atomic E-state index is 0.0718. The number of nitrogens with zero attached hydrogens (tertiary/aromatic N) is 2. The number of carboxylic acid groups (broad SMARTS) is 1. The summed E-state index contributed by atoms with van der Waals surface area (Å²) in [6.45, 7) is 4.31. The molecule has 0 radical (unpaired) electrons. The van der Waals surface area contributed by atoms with Crippen LogP contribution >= 0.6 is 11.8 Å². The van der Waals surface area contributed by atoms with Gasteiger partial charge in [0, 0.05) is 25.2 Å². The van der Waals surface area contributed by atoms with Gasteiger partial charge in [0.05, 0.1) is 23.0 Å². The zero-order valence-corrected chi connectivity index (χ0v) is 19.1. The smallest absolute Gasteiger partial charge is 0.342 e. The van der Waals surface area contributed by atoms with Crippen molar-refractivity contribution in [1.82, 2.24) is 9.88 Å². The molecule has 5 rings (SSSR count). The number of aromatic nitrogens is 1. The number of ether oxygens (including phenoxy) is 1. The van der Waals surface area contributed by atoms with E-state index in [2.05, 4.69) is 5.32 Å². The number of hydrogen-bond donors (Lipinski definition) is 2. The zero-order valence-electron chi connectivity index (χ0n) is 18.3. The second-order valence-electron chi connectivity index (χ2n) is 8.85. The Kier molecular flexibility index (Phi) is 5.57. The Labute approximate surface area is 189 Å². The molecule has 0 unspecified atom stereocenters. The molecular formula is C23H28FN3O4S. The lowest BCUT2D eigenvalue weighted by atomic mass is 9.94. The molecule has 2 aromatic rings. The van der Waals surface area contributed by atoms with Crippen LogP contribution in [0.5, 0.6) is 5.75 Å². The summed E-state index contributed by atoms with van der Waals surface area (Å²) in [6, 6.07) is 1.62. The third kappa shape index (κ3) is 3.37. The number of rotatable bonds is 6. The normalized spacial score (nSPS) is 22.9. The average Bonchev–Trinajstić information content (AvgIpc) is 3.51. The average molecular weight is 462 g/mol. The molecule has 32 heavy (non-hydrogen) atoms. The van der Waals surface area contributed by atoms with Crippen LogP contribution in [0.4, 0.5) is 10.1 Å². The fraction of sp³-hybridized carbons (Fsp3) is 0.565. The first kappa shape index (κ1) is 21.6. The highest BCUT2D eigenvalue weighted by Crippen LogP contribution is 2.47. The highest BCUT2D eigenvalue weighted by atomic mass is 32.2. The van der Waals surface area contributed by atoms with Crippen LogP contribution in [0.25, 0.3) is 10.9 Å². The number of benzene rings is 1. The molecule has 2 saturated heterocycles. The van der Waals surface area contributed by atoms with Crippen LogP contribution in [-0.4, -0.2) is 54.2 Å². The van der Waals surface area contributed by atoms with Gasteiger partial charge in [0.15, 0.2) is 11.6 Å². The number of thioether (sulfide) groups is 1. The Balaban J connectivity index is 1.79. The molecule has 9 heteroatoms. The predicted molar refractivity (Wildman–Crippen MR) is 123 cm³/mol. The lowest BCUT2D eigenvalue weighted by molar-refractivity contribution is 0.0690. The maximum Gasteiger partial charge on any atom is 0.342 e. The van der Waals surface area contributed by atoms with E-state index >= 15 is 4.39 Å². The van der Waals surface area contributed by atoms with Gasteiger partial charge in [-0.05, 0) is 50.0 Å². The molecule has 1 saturated carbocycles. The lowest BCUT2D eigenvalue weighted by Gasteiger charge is -2.26. The lowest BCUT2D eigenvalue weighted by Crippen LogP contribution is -2.40. The van der Waals surface area contributed by atoms with E-state index in [0.29, 0.717) is 46.2 Å². The number of anilines is 1. The molecule has 0 amide bonds. The number of methoxy groups -OCH3 is 1. The quantitative estimate of drug-likeness (QED) is 0.637. The van der Waals surface area contributed by atoms with Crippen LogP contribution in [-0.2, 0) is 0 Å². The molecule has 0 spiro atoms. The fourth-order valence-electron chi connectivity index (χ4n) is 5.34. The number of aromatic carboxylic acids is 1. The summed E-state index contributed by atoms with van der Waals surface area (Å²) in [5.74, 6) is -0.414. The Morgan fingerprint density at radius 1 is 1.34 bits per heavy atom.